The number of hydrogen-bond donors (Lipinski definition) is 2. The van der Waals surface area contributed by atoms with Gasteiger partial charge < -0.3 is 15.1 Å². The summed E-state index contributed by atoms with van der Waals surface area (Å²) in [6.45, 7) is 7.77. The number of hydrazine groups is 1. The number of nitrogen functional groups attached to an aromatic ring is 1. The van der Waals surface area contributed by atoms with E-state index in [0.717, 1.165) is 48.6 Å². The Morgan fingerprint density at radius 2 is 2.00 bits per heavy atom. The minimum atomic E-state index is 0.375. The molecule has 0 amide bonds. The van der Waals surface area contributed by atoms with Gasteiger partial charge in [0.05, 0.1) is 18.7 Å². The first-order valence-electron chi connectivity index (χ1n) is 7.43. The average Bonchev–Trinajstić information content (AvgIpc) is 2.53. The van der Waals surface area contributed by atoms with Crippen LogP contribution in [-0.4, -0.2) is 31.3 Å². The predicted octanol–water partition coefficient (Wildman–Crippen LogP) is 2.48. The number of benzene rings is 1. The van der Waals surface area contributed by atoms with Crippen molar-refractivity contribution >= 4 is 22.4 Å². The lowest BCUT2D eigenvalue weighted by Crippen LogP contribution is -2.36. The fourth-order valence-corrected chi connectivity index (χ4v) is 2.75. The maximum absolute atomic E-state index is 5.59. The molecule has 3 rings (SSSR count). The van der Waals surface area contributed by atoms with E-state index in [9.17, 15) is 0 Å². The molecule has 3 N–H and O–H groups in total. The molecule has 5 nitrogen and oxygen atoms in total. The Hall–Kier alpha value is -1.85. The van der Waals surface area contributed by atoms with E-state index in [1.807, 2.05) is 0 Å². The first-order valence-corrected chi connectivity index (χ1v) is 7.43. The van der Waals surface area contributed by atoms with Crippen molar-refractivity contribution in [1.29, 1.82) is 0 Å². The van der Waals surface area contributed by atoms with Crippen LogP contribution < -0.4 is 16.2 Å². The molecule has 1 aliphatic heterocycles. The molecule has 2 heterocycles. The largest absolute Gasteiger partial charge is 0.378 e. The van der Waals surface area contributed by atoms with Gasteiger partial charge in [0.2, 0.25) is 0 Å². The summed E-state index contributed by atoms with van der Waals surface area (Å²) in [5.41, 5.74) is 6.05. The van der Waals surface area contributed by atoms with Gasteiger partial charge in [0.25, 0.3) is 0 Å². The molecular formula is C16H22N4O. The number of pyridine rings is 1. The summed E-state index contributed by atoms with van der Waals surface area (Å²) >= 11 is 0. The maximum Gasteiger partial charge on any atom is 0.144 e. The van der Waals surface area contributed by atoms with Crippen molar-refractivity contribution < 1.29 is 4.74 Å². The number of morpholine rings is 1. The maximum atomic E-state index is 5.59. The smallest absolute Gasteiger partial charge is 0.144 e. The quantitative estimate of drug-likeness (QED) is 0.670. The number of nitrogens with two attached hydrogens (primary N) is 1. The second kappa shape index (κ2) is 5.87. The van der Waals surface area contributed by atoms with Gasteiger partial charge >= 0.3 is 0 Å². The van der Waals surface area contributed by atoms with E-state index in [1.54, 1.807) is 0 Å². The molecule has 0 spiro atoms. The van der Waals surface area contributed by atoms with Gasteiger partial charge in [-0.1, -0.05) is 13.8 Å². The van der Waals surface area contributed by atoms with Gasteiger partial charge in [-0.05, 0) is 35.7 Å². The van der Waals surface area contributed by atoms with Crippen molar-refractivity contribution in [3.63, 3.8) is 0 Å². The van der Waals surface area contributed by atoms with Crippen LogP contribution in [0.4, 0.5) is 11.5 Å². The Balaban J connectivity index is 2.03. The summed E-state index contributed by atoms with van der Waals surface area (Å²) < 4.78 is 5.41. The number of ether oxygens (including phenoxy) is 1. The van der Waals surface area contributed by atoms with E-state index in [-0.39, 0.29) is 0 Å². The molecule has 21 heavy (non-hydrogen) atoms. The number of hydrogen-bond acceptors (Lipinski definition) is 5. The zero-order chi connectivity index (χ0) is 14.8. The first kappa shape index (κ1) is 14.1. The molecule has 1 fully saturated rings. The van der Waals surface area contributed by atoms with E-state index >= 15 is 0 Å². The Morgan fingerprint density at radius 1 is 1.24 bits per heavy atom. The van der Waals surface area contributed by atoms with E-state index in [1.165, 1.54) is 5.69 Å². The lowest BCUT2D eigenvalue weighted by Gasteiger charge is -2.29. The topological polar surface area (TPSA) is 63.4 Å². The molecule has 0 aliphatic carbocycles. The third-order valence-electron chi connectivity index (χ3n) is 3.96. The van der Waals surface area contributed by atoms with Crippen LogP contribution >= 0.6 is 0 Å². The highest BCUT2D eigenvalue weighted by molar-refractivity contribution is 5.85. The highest BCUT2D eigenvalue weighted by Gasteiger charge is 2.13. The third kappa shape index (κ3) is 2.80. The van der Waals surface area contributed by atoms with Crippen LogP contribution in [0.25, 0.3) is 10.9 Å². The molecule has 1 aromatic carbocycles. The minimum Gasteiger partial charge on any atom is -0.378 e. The van der Waals surface area contributed by atoms with E-state index < -0.39 is 0 Å². The van der Waals surface area contributed by atoms with Crippen molar-refractivity contribution in [1.82, 2.24) is 4.98 Å². The Morgan fingerprint density at radius 3 is 2.67 bits per heavy atom. The van der Waals surface area contributed by atoms with Crippen LogP contribution in [0.5, 0.6) is 0 Å². The summed E-state index contributed by atoms with van der Waals surface area (Å²) in [5, 5.41) is 1.15. The van der Waals surface area contributed by atoms with Gasteiger partial charge in [-0.25, -0.2) is 10.8 Å². The van der Waals surface area contributed by atoms with Crippen molar-refractivity contribution in [2.45, 2.75) is 19.8 Å². The van der Waals surface area contributed by atoms with Gasteiger partial charge in [0.15, 0.2) is 0 Å². The minimum absolute atomic E-state index is 0.375. The van der Waals surface area contributed by atoms with Crippen molar-refractivity contribution in [3.05, 3.63) is 29.8 Å². The normalized spacial score (nSPS) is 15.7. The van der Waals surface area contributed by atoms with Gasteiger partial charge in [-0.3, -0.25) is 0 Å². The van der Waals surface area contributed by atoms with Gasteiger partial charge in [0, 0.05) is 24.2 Å². The standard InChI is InChI=1S/C16H22N4O/c1-11(2)14-10-12-9-13(20-5-7-21-8-6-20)3-4-15(12)18-16(14)19-17/h3-4,9-11H,5-8,17H2,1-2H3,(H,18,19). The van der Waals surface area contributed by atoms with Crippen LogP contribution in [0.2, 0.25) is 0 Å². The molecule has 2 aromatic rings. The van der Waals surface area contributed by atoms with Crippen LogP contribution in [0, 0.1) is 0 Å². The first-order chi connectivity index (χ1) is 10.2. The fourth-order valence-electron chi connectivity index (χ4n) is 2.75. The second-order valence-electron chi connectivity index (χ2n) is 5.70. The molecule has 1 aromatic heterocycles. The van der Waals surface area contributed by atoms with Gasteiger partial charge in [-0.2, -0.15) is 0 Å². The van der Waals surface area contributed by atoms with Crippen molar-refractivity contribution in [2.24, 2.45) is 5.84 Å². The number of anilines is 2. The van der Waals surface area contributed by atoms with E-state index in [0.29, 0.717) is 5.92 Å². The zero-order valence-corrected chi connectivity index (χ0v) is 12.6. The molecule has 112 valence electrons. The molecule has 0 atom stereocenters. The summed E-state index contributed by atoms with van der Waals surface area (Å²) in [6, 6.07) is 8.58. The molecule has 5 heteroatoms. The van der Waals surface area contributed by atoms with E-state index in [2.05, 4.69) is 53.4 Å². The molecule has 1 aliphatic rings. The van der Waals surface area contributed by atoms with Gasteiger partial charge in [-0.15, -0.1) is 0 Å². The highest BCUT2D eigenvalue weighted by Crippen LogP contribution is 2.29. The number of rotatable bonds is 3. The molecule has 1 saturated heterocycles. The number of nitrogens with one attached hydrogen (secondary N) is 1. The Labute approximate surface area is 125 Å². The summed E-state index contributed by atoms with van der Waals surface area (Å²) in [7, 11) is 0. The SMILES string of the molecule is CC(C)c1cc2cc(N3CCOCC3)ccc2nc1NN. The second-order valence-corrected chi connectivity index (χ2v) is 5.70. The van der Waals surface area contributed by atoms with Crippen LogP contribution in [0.1, 0.15) is 25.3 Å². The lowest BCUT2D eigenvalue weighted by atomic mass is 10.0. The van der Waals surface area contributed by atoms with Gasteiger partial charge in [0.1, 0.15) is 5.82 Å². The van der Waals surface area contributed by atoms with Crippen molar-refractivity contribution in [2.75, 3.05) is 36.6 Å². The lowest BCUT2D eigenvalue weighted by molar-refractivity contribution is 0.122. The molecule has 0 bridgehead atoms. The Kier molecular flexibility index (Phi) is 3.94. The van der Waals surface area contributed by atoms with Crippen LogP contribution in [-0.2, 0) is 4.74 Å². The number of aromatic nitrogens is 1. The highest BCUT2D eigenvalue weighted by atomic mass is 16.5. The zero-order valence-electron chi connectivity index (χ0n) is 12.6. The molecule has 0 saturated carbocycles. The summed E-state index contributed by atoms with van der Waals surface area (Å²) in [4.78, 5) is 6.98. The van der Waals surface area contributed by atoms with Crippen LogP contribution in [0.3, 0.4) is 0 Å². The number of nitrogens with zero attached hydrogens (tertiary/aromatic N) is 2. The fraction of sp³-hybridized carbons (Fsp3) is 0.438. The molecule has 0 radical (unpaired) electrons. The van der Waals surface area contributed by atoms with Crippen molar-refractivity contribution in [3.8, 4) is 0 Å². The van der Waals surface area contributed by atoms with Crippen LogP contribution in [0.15, 0.2) is 24.3 Å². The van der Waals surface area contributed by atoms with E-state index in [4.69, 9.17) is 10.6 Å². The predicted molar refractivity (Wildman–Crippen MR) is 86.7 cm³/mol. The summed E-state index contributed by atoms with van der Waals surface area (Å²) in [6.07, 6.45) is 0. The third-order valence-corrected chi connectivity index (χ3v) is 3.96. The molecular weight excluding hydrogens is 264 g/mol. The molecule has 0 unspecified atom stereocenters. The average molecular weight is 286 g/mol. The Bertz CT molecular complexity index is 635. The summed E-state index contributed by atoms with van der Waals surface area (Å²) in [5.74, 6) is 6.73. The number of fused-ring (bicyclic) bond motifs is 1. The monoisotopic (exact) mass is 286 g/mol.